The molecule has 33 heavy (non-hydrogen) atoms. The van der Waals surface area contributed by atoms with Gasteiger partial charge in [-0.2, -0.15) is 0 Å². The number of carboxylic acid groups (broad SMARTS) is 1. The van der Waals surface area contributed by atoms with Crippen LogP contribution in [0.2, 0.25) is 0 Å². The largest absolute Gasteiger partial charge is 0.481 e. The number of Topliss-reactive ketones (excluding diaryl/α,β-unsaturated/α-hetero) is 3. The summed E-state index contributed by atoms with van der Waals surface area (Å²) in [7, 11) is 0. The van der Waals surface area contributed by atoms with Crippen molar-refractivity contribution in [1.29, 1.82) is 0 Å². The number of hydrogen-bond acceptors (Lipinski definition) is 7. The van der Waals surface area contributed by atoms with Gasteiger partial charge in [-0.05, 0) is 37.0 Å². The van der Waals surface area contributed by atoms with Crippen LogP contribution in [0.3, 0.4) is 0 Å². The molecule has 2 aliphatic heterocycles. The molecule has 0 aromatic heterocycles. The second-order valence-electron chi connectivity index (χ2n) is 10.7. The van der Waals surface area contributed by atoms with Crippen molar-refractivity contribution in [2.75, 3.05) is 6.54 Å². The van der Waals surface area contributed by atoms with Crippen molar-refractivity contribution in [3.63, 3.8) is 0 Å². The lowest BCUT2D eigenvalue weighted by atomic mass is 9.71. The lowest BCUT2D eigenvalue weighted by molar-refractivity contribution is -0.142. The molecule has 0 unspecified atom stereocenters. The zero-order valence-corrected chi connectivity index (χ0v) is 20.7. The minimum absolute atomic E-state index is 0.0436. The van der Waals surface area contributed by atoms with E-state index in [1.54, 1.807) is 6.20 Å². The SMILES string of the molecule is CC(C)C[C@@H](C(=O)O)C1=CN[C@@](CC(C)C)(C2=CN[C@](CC(=O)CN)(CC(C)C)C2=O)C1=O. The predicted molar refractivity (Wildman–Crippen MR) is 126 cm³/mol. The van der Waals surface area contributed by atoms with Crippen LogP contribution in [-0.4, -0.2) is 46.0 Å². The molecule has 0 aromatic carbocycles. The molecular formula is C25H39N3O5. The summed E-state index contributed by atoms with van der Waals surface area (Å²) in [5, 5.41) is 16.1. The van der Waals surface area contributed by atoms with Crippen molar-refractivity contribution in [2.45, 2.75) is 78.3 Å². The van der Waals surface area contributed by atoms with Gasteiger partial charge in [-0.25, -0.2) is 0 Å². The van der Waals surface area contributed by atoms with Gasteiger partial charge in [0.2, 0.25) is 0 Å². The standard InChI is InChI=1S/C25H39N3O5/c1-14(2)7-18(23(32)33)19-12-28-25(21(19)30,9-16(5)6)20-13-27-24(22(20)31,8-15(3)4)10-17(29)11-26/h12-16,18,27-28H,7-11,26H2,1-6H3,(H,32,33)/t18-,24+,25+/m1/s1. The normalized spacial score (nSPS) is 25.9. The van der Waals surface area contributed by atoms with Gasteiger partial charge in [0.05, 0.1) is 12.5 Å². The number of carbonyl (C=O) groups is 4. The quantitative estimate of drug-likeness (QED) is 0.347. The highest BCUT2D eigenvalue weighted by Gasteiger charge is 2.57. The maximum Gasteiger partial charge on any atom is 0.311 e. The van der Waals surface area contributed by atoms with Crippen LogP contribution >= 0.6 is 0 Å². The van der Waals surface area contributed by atoms with E-state index in [2.05, 4.69) is 10.6 Å². The van der Waals surface area contributed by atoms with Crippen molar-refractivity contribution in [2.24, 2.45) is 29.4 Å². The Hall–Kier alpha value is -2.48. The van der Waals surface area contributed by atoms with Gasteiger partial charge in [-0.15, -0.1) is 0 Å². The number of carboxylic acids is 1. The van der Waals surface area contributed by atoms with Crippen LogP contribution in [0.1, 0.15) is 67.2 Å². The first-order chi connectivity index (χ1) is 15.3. The Labute approximate surface area is 196 Å². The van der Waals surface area contributed by atoms with Gasteiger partial charge in [-0.1, -0.05) is 41.5 Å². The van der Waals surface area contributed by atoms with Crippen molar-refractivity contribution < 1.29 is 24.3 Å². The zero-order valence-electron chi connectivity index (χ0n) is 20.7. The van der Waals surface area contributed by atoms with E-state index >= 15 is 0 Å². The third-order valence-electron chi connectivity index (χ3n) is 6.33. The molecule has 8 nitrogen and oxygen atoms in total. The predicted octanol–water partition coefficient (Wildman–Crippen LogP) is 2.33. The fourth-order valence-electron chi connectivity index (χ4n) is 5.12. The summed E-state index contributed by atoms with van der Waals surface area (Å²) in [5.41, 5.74) is 3.47. The molecule has 3 atom stereocenters. The molecule has 0 saturated heterocycles. The Morgan fingerprint density at radius 3 is 2.03 bits per heavy atom. The van der Waals surface area contributed by atoms with Gasteiger partial charge in [0.1, 0.15) is 16.9 Å². The summed E-state index contributed by atoms with van der Waals surface area (Å²) in [5.74, 6) is -2.69. The summed E-state index contributed by atoms with van der Waals surface area (Å²) in [4.78, 5) is 52.0. The van der Waals surface area contributed by atoms with Crippen molar-refractivity contribution in [3.05, 3.63) is 23.5 Å². The molecule has 5 N–H and O–H groups in total. The lowest BCUT2D eigenvalue weighted by Gasteiger charge is -2.35. The Balaban J connectivity index is 2.49. The Morgan fingerprint density at radius 1 is 0.939 bits per heavy atom. The molecule has 0 fully saturated rings. The highest BCUT2D eigenvalue weighted by Crippen LogP contribution is 2.42. The second-order valence-corrected chi connectivity index (χ2v) is 10.7. The molecule has 2 rings (SSSR count). The Bertz CT molecular complexity index is 873. The van der Waals surface area contributed by atoms with Gasteiger partial charge in [0.25, 0.3) is 0 Å². The summed E-state index contributed by atoms with van der Waals surface area (Å²) in [6.07, 6.45) is 4.03. The fourth-order valence-corrected chi connectivity index (χ4v) is 5.12. The van der Waals surface area contributed by atoms with E-state index in [-0.39, 0.29) is 59.2 Å². The first kappa shape index (κ1) is 26.8. The maximum atomic E-state index is 13.9. The van der Waals surface area contributed by atoms with Crippen molar-refractivity contribution >= 4 is 23.3 Å². The first-order valence-electron chi connectivity index (χ1n) is 11.8. The van der Waals surface area contributed by atoms with E-state index in [9.17, 15) is 24.3 Å². The second kappa shape index (κ2) is 10.2. The van der Waals surface area contributed by atoms with Crippen LogP contribution < -0.4 is 16.4 Å². The number of nitrogens with one attached hydrogen (secondary N) is 2. The Morgan fingerprint density at radius 2 is 1.55 bits per heavy atom. The monoisotopic (exact) mass is 461 g/mol. The number of rotatable bonds is 12. The molecule has 0 spiro atoms. The van der Waals surface area contributed by atoms with Gasteiger partial charge in [0.15, 0.2) is 11.6 Å². The van der Waals surface area contributed by atoms with Crippen LogP contribution in [0.4, 0.5) is 0 Å². The highest BCUT2D eigenvalue weighted by atomic mass is 16.4. The summed E-state index contributed by atoms with van der Waals surface area (Å²) < 4.78 is 0. The fraction of sp³-hybridized carbons (Fsp3) is 0.680. The molecule has 2 heterocycles. The molecule has 184 valence electrons. The third kappa shape index (κ3) is 5.37. The van der Waals surface area contributed by atoms with Gasteiger partial charge >= 0.3 is 5.97 Å². The molecule has 0 radical (unpaired) electrons. The molecule has 0 bridgehead atoms. The topological polar surface area (TPSA) is 139 Å². The average molecular weight is 462 g/mol. The molecular weight excluding hydrogens is 422 g/mol. The molecule has 0 saturated carbocycles. The number of aliphatic carboxylic acids is 1. The van der Waals surface area contributed by atoms with E-state index in [1.165, 1.54) is 6.20 Å². The lowest BCUT2D eigenvalue weighted by Crippen LogP contribution is -2.55. The van der Waals surface area contributed by atoms with E-state index < -0.39 is 23.0 Å². The molecule has 0 aromatic rings. The summed E-state index contributed by atoms with van der Waals surface area (Å²) in [6.45, 7) is 11.5. The van der Waals surface area contributed by atoms with Crippen LogP contribution in [-0.2, 0) is 19.2 Å². The van der Waals surface area contributed by atoms with Crippen LogP contribution in [0.15, 0.2) is 23.5 Å². The average Bonchev–Trinajstić information content (AvgIpc) is 3.17. The van der Waals surface area contributed by atoms with E-state index in [1.807, 2.05) is 41.5 Å². The molecule has 0 amide bonds. The molecule has 2 aliphatic rings. The van der Waals surface area contributed by atoms with Crippen molar-refractivity contribution in [3.8, 4) is 0 Å². The molecule has 8 heteroatoms. The zero-order chi connectivity index (χ0) is 25.1. The minimum Gasteiger partial charge on any atom is -0.481 e. The number of ketones is 3. The van der Waals surface area contributed by atoms with Gasteiger partial charge < -0.3 is 21.5 Å². The van der Waals surface area contributed by atoms with Gasteiger partial charge in [0, 0.05) is 30.0 Å². The number of hydrogen-bond donors (Lipinski definition) is 4. The summed E-state index contributed by atoms with van der Waals surface area (Å²) >= 11 is 0. The minimum atomic E-state index is -1.36. The first-order valence-corrected chi connectivity index (χ1v) is 11.8. The number of carbonyl (C=O) groups excluding carboxylic acids is 3. The van der Waals surface area contributed by atoms with E-state index in [4.69, 9.17) is 5.73 Å². The van der Waals surface area contributed by atoms with Crippen molar-refractivity contribution in [1.82, 2.24) is 10.6 Å². The number of nitrogens with two attached hydrogens (primary N) is 1. The Kier molecular flexibility index (Phi) is 8.27. The third-order valence-corrected chi connectivity index (χ3v) is 6.33. The van der Waals surface area contributed by atoms with Crippen LogP contribution in [0.5, 0.6) is 0 Å². The van der Waals surface area contributed by atoms with Crippen LogP contribution in [0, 0.1) is 23.7 Å². The molecule has 0 aliphatic carbocycles. The van der Waals surface area contributed by atoms with Crippen LogP contribution in [0.25, 0.3) is 0 Å². The van der Waals surface area contributed by atoms with E-state index in [0.717, 1.165) is 0 Å². The maximum absolute atomic E-state index is 13.9. The van der Waals surface area contributed by atoms with Gasteiger partial charge in [-0.3, -0.25) is 19.2 Å². The smallest absolute Gasteiger partial charge is 0.311 e. The highest BCUT2D eigenvalue weighted by molar-refractivity contribution is 6.19. The summed E-state index contributed by atoms with van der Waals surface area (Å²) in [6, 6.07) is 0. The van der Waals surface area contributed by atoms with E-state index in [0.29, 0.717) is 19.3 Å².